The largest absolute Gasteiger partial charge is 0.469 e. The van der Waals surface area contributed by atoms with Crippen LogP contribution in [-0.4, -0.2) is 11.6 Å². The molecule has 0 bridgehead atoms. The molecule has 0 aliphatic carbocycles. The normalized spacial score (nSPS) is 11.0. The van der Waals surface area contributed by atoms with Gasteiger partial charge in [0.05, 0.1) is 18.2 Å². The van der Waals surface area contributed by atoms with E-state index in [1.165, 1.54) is 6.26 Å². The van der Waals surface area contributed by atoms with Crippen LogP contribution >= 0.6 is 15.9 Å². The van der Waals surface area contributed by atoms with Crippen molar-refractivity contribution in [3.05, 3.63) is 58.2 Å². The SMILES string of the molecule is Cc1occc1C(=O)CC(=O)c1cc2cc(Br)ccc2o1. The summed E-state index contributed by atoms with van der Waals surface area (Å²) in [6.07, 6.45) is 1.20. The summed E-state index contributed by atoms with van der Waals surface area (Å²) in [5.74, 6) is 0.0970. The van der Waals surface area contributed by atoms with Crippen molar-refractivity contribution in [3.63, 3.8) is 0 Å². The maximum atomic E-state index is 12.2. The van der Waals surface area contributed by atoms with Gasteiger partial charge in [-0.3, -0.25) is 9.59 Å². The molecule has 0 amide bonds. The third-order valence-electron chi connectivity index (χ3n) is 3.23. The van der Waals surface area contributed by atoms with Crippen LogP contribution in [0.5, 0.6) is 0 Å². The summed E-state index contributed by atoms with van der Waals surface area (Å²) in [5.41, 5.74) is 1.05. The highest BCUT2D eigenvalue weighted by molar-refractivity contribution is 9.10. The van der Waals surface area contributed by atoms with Gasteiger partial charge in [-0.2, -0.15) is 0 Å². The molecule has 5 heteroatoms. The van der Waals surface area contributed by atoms with E-state index >= 15 is 0 Å². The molecule has 4 nitrogen and oxygen atoms in total. The highest BCUT2D eigenvalue weighted by Crippen LogP contribution is 2.24. The van der Waals surface area contributed by atoms with Gasteiger partial charge in [0.15, 0.2) is 11.5 Å². The second kappa shape index (κ2) is 5.33. The topological polar surface area (TPSA) is 60.4 Å². The van der Waals surface area contributed by atoms with Crippen LogP contribution in [0.4, 0.5) is 0 Å². The molecular formula is C16H11BrO4. The molecular weight excluding hydrogens is 336 g/mol. The minimum absolute atomic E-state index is 0.192. The van der Waals surface area contributed by atoms with Crippen LogP contribution < -0.4 is 0 Å². The summed E-state index contributed by atoms with van der Waals surface area (Å²) in [7, 11) is 0. The summed E-state index contributed by atoms with van der Waals surface area (Å²) >= 11 is 3.36. The molecule has 21 heavy (non-hydrogen) atoms. The van der Waals surface area contributed by atoms with E-state index in [1.54, 1.807) is 25.1 Å². The van der Waals surface area contributed by atoms with Crippen molar-refractivity contribution in [3.8, 4) is 0 Å². The second-order valence-corrected chi connectivity index (χ2v) is 5.62. The first-order chi connectivity index (χ1) is 10.0. The number of hydrogen-bond acceptors (Lipinski definition) is 4. The van der Waals surface area contributed by atoms with Crippen molar-refractivity contribution in [1.29, 1.82) is 0 Å². The minimum atomic E-state index is -0.340. The van der Waals surface area contributed by atoms with E-state index in [0.717, 1.165) is 9.86 Å². The zero-order valence-electron chi connectivity index (χ0n) is 11.2. The third kappa shape index (κ3) is 2.69. The van der Waals surface area contributed by atoms with Crippen LogP contribution in [0.15, 0.2) is 49.9 Å². The fourth-order valence-electron chi connectivity index (χ4n) is 2.15. The molecule has 0 fully saturated rings. The summed E-state index contributed by atoms with van der Waals surface area (Å²) in [4.78, 5) is 24.2. The van der Waals surface area contributed by atoms with Crippen LogP contribution in [-0.2, 0) is 0 Å². The lowest BCUT2D eigenvalue weighted by Crippen LogP contribution is -2.08. The van der Waals surface area contributed by atoms with E-state index in [2.05, 4.69) is 15.9 Å². The Morgan fingerprint density at radius 1 is 1.14 bits per heavy atom. The Kier molecular flexibility index (Phi) is 3.51. The second-order valence-electron chi connectivity index (χ2n) is 4.71. The fraction of sp³-hybridized carbons (Fsp3) is 0.125. The van der Waals surface area contributed by atoms with Gasteiger partial charge in [0.1, 0.15) is 11.3 Å². The van der Waals surface area contributed by atoms with Gasteiger partial charge >= 0.3 is 0 Å². The Bertz CT molecular complexity index is 841. The number of hydrogen-bond donors (Lipinski definition) is 0. The maximum absolute atomic E-state index is 12.2. The molecule has 1 aromatic carbocycles. The molecule has 2 aromatic heterocycles. The quantitative estimate of drug-likeness (QED) is 0.513. The first-order valence-electron chi connectivity index (χ1n) is 6.34. The molecule has 3 rings (SSSR count). The van der Waals surface area contributed by atoms with Crippen molar-refractivity contribution in [2.45, 2.75) is 13.3 Å². The standard InChI is InChI=1S/C16H11BrO4/c1-9-12(4-5-20-9)13(18)8-14(19)16-7-10-6-11(17)2-3-15(10)21-16/h2-7H,8H2,1H3. The van der Waals surface area contributed by atoms with Gasteiger partial charge in [0.25, 0.3) is 0 Å². The summed E-state index contributed by atoms with van der Waals surface area (Å²) < 4.78 is 11.5. The van der Waals surface area contributed by atoms with E-state index in [4.69, 9.17) is 8.83 Å². The molecule has 0 saturated carbocycles. The Morgan fingerprint density at radius 2 is 1.95 bits per heavy atom. The van der Waals surface area contributed by atoms with E-state index in [-0.39, 0.29) is 23.7 Å². The van der Waals surface area contributed by atoms with Crippen LogP contribution in [0.1, 0.15) is 33.1 Å². The highest BCUT2D eigenvalue weighted by Gasteiger charge is 2.19. The van der Waals surface area contributed by atoms with Crippen molar-refractivity contribution in [2.75, 3.05) is 0 Å². The van der Waals surface area contributed by atoms with Crippen molar-refractivity contribution in [1.82, 2.24) is 0 Å². The molecule has 0 N–H and O–H groups in total. The van der Waals surface area contributed by atoms with Gasteiger partial charge in [-0.1, -0.05) is 15.9 Å². The number of rotatable bonds is 4. The van der Waals surface area contributed by atoms with Gasteiger partial charge in [-0.15, -0.1) is 0 Å². The highest BCUT2D eigenvalue weighted by atomic mass is 79.9. The third-order valence-corrected chi connectivity index (χ3v) is 3.73. The van der Waals surface area contributed by atoms with E-state index in [1.807, 2.05) is 12.1 Å². The lowest BCUT2D eigenvalue weighted by atomic mass is 10.1. The van der Waals surface area contributed by atoms with Crippen molar-refractivity contribution < 1.29 is 18.4 Å². The number of Topliss-reactive ketones (excluding diaryl/α,β-unsaturated/α-hetero) is 2. The predicted molar refractivity (Wildman–Crippen MR) is 80.6 cm³/mol. The zero-order chi connectivity index (χ0) is 15.0. The van der Waals surface area contributed by atoms with E-state index in [9.17, 15) is 9.59 Å². The number of benzene rings is 1. The average molecular weight is 347 g/mol. The lowest BCUT2D eigenvalue weighted by Gasteiger charge is -1.97. The predicted octanol–water partition coefficient (Wildman–Crippen LogP) is 4.55. The Hall–Kier alpha value is -2.14. The van der Waals surface area contributed by atoms with Crippen LogP contribution in [0.25, 0.3) is 11.0 Å². The number of furan rings is 2. The van der Waals surface area contributed by atoms with Gasteiger partial charge in [-0.05, 0) is 37.3 Å². The number of carbonyl (C=O) groups is 2. The monoisotopic (exact) mass is 346 g/mol. The van der Waals surface area contributed by atoms with Crippen LogP contribution in [0.2, 0.25) is 0 Å². The molecule has 0 spiro atoms. The molecule has 106 valence electrons. The smallest absolute Gasteiger partial charge is 0.205 e. The lowest BCUT2D eigenvalue weighted by molar-refractivity contribution is 0.0878. The first kappa shape index (κ1) is 13.8. The Balaban J connectivity index is 1.84. The Morgan fingerprint density at radius 3 is 2.67 bits per heavy atom. The molecule has 0 unspecified atom stereocenters. The van der Waals surface area contributed by atoms with E-state index in [0.29, 0.717) is 16.9 Å². The zero-order valence-corrected chi connectivity index (χ0v) is 12.8. The van der Waals surface area contributed by atoms with Crippen molar-refractivity contribution >= 4 is 38.5 Å². The molecule has 0 radical (unpaired) electrons. The van der Waals surface area contributed by atoms with Crippen LogP contribution in [0.3, 0.4) is 0 Å². The number of fused-ring (bicyclic) bond motifs is 1. The number of aryl methyl sites for hydroxylation is 1. The molecule has 0 atom stereocenters. The molecule has 0 aliphatic heterocycles. The van der Waals surface area contributed by atoms with Gasteiger partial charge in [-0.25, -0.2) is 0 Å². The summed E-state index contributed by atoms with van der Waals surface area (Å²) in [6.45, 7) is 1.69. The molecule has 2 heterocycles. The molecule has 0 aliphatic rings. The number of ketones is 2. The number of carbonyl (C=O) groups excluding carboxylic acids is 2. The fourth-order valence-corrected chi connectivity index (χ4v) is 2.53. The van der Waals surface area contributed by atoms with E-state index < -0.39 is 0 Å². The van der Waals surface area contributed by atoms with Crippen molar-refractivity contribution in [2.24, 2.45) is 0 Å². The first-order valence-corrected chi connectivity index (χ1v) is 7.13. The molecule has 3 aromatic rings. The van der Waals surface area contributed by atoms with Gasteiger partial charge in [0, 0.05) is 9.86 Å². The minimum Gasteiger partial charge on any atom is -0.469 e. The van der Waals surface area contributed by atoms with Gasteiger partial charge < -0.3 is 8.83 Å². The summed E-state index contributed by atoms with van der Waals surface area (Å²) in [5, 5.41) is 0.819. The van der Waals surface area contributed by atoms with Crippen LogP contribution in [0, 0.1) is 6.92 Å². The number of halogens is 1. The molecule has 0 saturated heterocycles. The maximum Gasteiger partial charge on any atom is 0.205 e. The Labute approximate surface area is 128 Å². The van der Waals surface area contributed by atoms with Gasteiger partial charge in [0.2, 0.25) is 5.78 Å². The average Bonchev–Trinajstić information content (AvgIpc) is 3.04. The summed E-state index contributed by atoms with van der Waals surface area (Å²) in [6, 6.07) is 8.69.